The summed E-state index contributed by atoms with van der Waals surface area (Å²) in [4.78, 5) is 11.7. The number of aromatic amines is 1. The number of aromatic nitrogens is 3. The molecule has 0 saturated heterocycles. The molecule has 7 N–H and O–H groups in total. The summed E-state index contributed by atoms with van der Waals surface area (Å²) in [5, 5.41) is 28.2. The van der Waals surface area contributed by atoms with Crippen LogP contribution in [0.3, 0.4) is 0 Å². The average molecular weight is 594 g/mol. The Morgan fingerprint density at radius 3 is 2.42 bits per heavy atom. The number of aliphatic hydroxyl groups is 1. The molecular weight excluding hydrogens is 555 g/mol. The predicted molar refractivity (Wildman–Crippen MR) is 167 cm³/mol. The summed E-state index contributed by atoms with van der Waals surface area (Å²) in [5.41, 5.74) is 9.34. The Morgan fingerprint density at radius 2 is 1.86 bits per heavy atom. The van der Waals surface area contributed by atoms with Crippen LogP contribution in [0.15, 0.2) is 49.3 Å². The Labute approximate surface area is 249 Å². The number of nitrogens with two attached hydrogens (primary N) is 1. The van der Waals surface area contributed by atoms with Crippen molar-refractivity contribution in [2.24, 2.45) is 0 Å². The zero-order chi connectivity index (χ0) is 31.9. The van der Waals surface area contributed by atoms with Crippen LogP contribution in [0.1, 0.15) is 67.8 Å². The molecule has 2 heterocycles. The molecule has 1 atom stereocenters. The SMILES string of the molecule is C=C(NCc1ncc[nH]1)c1ccc(-c2nc3c(C(F)(F)F)cc(N)c(C=N)c3c3c2CC(O)CC3)cc1.CC.CC(C)=N. The van der Waals surface area contributed by atoms with Crippen molar-refractivity contribution in [3.05, 3.63) is 82.9 Å². The van der Waals surface area contributed by atoms with Gasteiger partial charge in [-0.3, -0.25) is 0 Å². The van der Waals surface area contributed by atoms with Gasteiger partial charge in [-0.1, -0.05) is 44.7 Å². The van der Waals surface area contributed by atoms with Gasteiger partial charge >= 0.3 is 6.18 Å². The number of rotatable bonds is 6. The summed E-state index contributed by atoms with van der Waals surface area (Å²) < 4.78 is 42.2. The van der Waals surface area contributed by atoms with Crippen molar-refractivity contribution in [3.8, 4) is 11.3 Å². The van der Waals surface area contributed by atoms with E-state index < -0.39 is 17.8 Å². The number of nitrogens with one attached hydrogen (secondary N) is 4. The van der Waals surface area contributed by atoms with Crippen molar-refractivity contribution in [3.63, 3.8) is 0 Å². The second-order valence-corrected chi connectivity index (χ2v) is 10.1. The number of hydrogen-bond acceptors (Lipinski definition) is 7. The minimum absolute atomic E-state index is 0.123. The van der Waals surface area contributed by atoms with Crippen molar-refractivity contribution in [2.75, 3.05) is 5.73 Å². The molecule has 2 aromatic heterocycles. The zero-order valence-electron chi connectivity index (χ0n) is 24.8. The fourth-order valence-electron chi connectivity index (χ4n) is 4.87. The third-order valence-electron chi connectivity index (χ3n) is 6.70. The largest absolute Gasteiger partial charge is 0.418 e. The first-order valence-corrected chi connectivity index (χ1v) is 14.0. The number of halogens is 3. The van der Waals surface area contributed by atoms with E-state index in [0.717, 1.165) is 23.7 Å². The van der Waals surface area contributed by atoms with E-state index in [1.807, 2.05) is 26.0 Å². The second kappa shape index (κ2) is 14.1. The van der Waals surface area contributed by atoms with Gasteiger partial charge in [0.05, 0.1) is 29.4 Å². The summed E-state index contributed by atoms with van der Waals surface area (Å²) in [6.45, 7) is 12.0. The van der Waals surface area contributed by atoms with Crippen LogP contribution in [-0.4, -0.2) is 38.1 Å². The summed E-state index contributed by atoms with van der Waals surface area (Å²) >= 11 is 0. The number of pyridine rings is 1. The lowest BCUT2D eigenvalue weighted by molar-refractivity contribution is -0.136. The van der Waals surface area contributed by atoms with Crippen LogP contribution in [0.5, 0.6) is 0 Å². The molecule has 0 bridgehead atoms. The number of fused-ring (bicyclic) bond motifs is 3. The van der Waals surface area contributed by atoms with Gasteiger partial charge in [-0.2, -0.15) is 13.2 Å². The van der Waals surface area contributed by atoms with Crippen LogP contribution in [-0.2, 0) is 25.6 Å². The highest BCUT2D eigenvalue weighted by molar-refractivity contribution is 6.07. The highest BCUT2D eigenvalue weighted by atomic mass is 19.4. The first-order chi connectivity index (χ1) is 20.4. The average Bonchev–Trinajstić information content (AvgIpc) is 3.49. The van der Waals surface area contributed by atoms with Gasteiger partial charge < -0.3 is 32.0 Å². The minimum Gasteiger partial charge on any atom is -0.398 e. The predicted octanol–water partition coefficient (Wildman–Crippen LogP) is 6.91. The lowest BCUT2D eigenvalue weighted by Crippen LogP contribution is -2.22. The lowest BCUT2D eigenvalue weighted by atomic mass is 9.82. The van der Waals surface area contributed by atoms with E-state index in [1.165, 1.54) is 0 Å². The molecule has 228 valence electrons. The third kappa shape index (κ3) is 7.66. The number of imidazole rings is 1. The standard InChI is InChI=1S/C27H25F3N6O.C3H7N.C2H6/c1-14(35-13-23-33-8-9-34-23)15-2-4-16(5-3-15)25-19-10-17(37)6-7-18(19)24-20(12-31)22(32)11-21(26(24)36-25)27(28,29)30;1-3(2)4;1-2/h2-5,8-9,11-12,17,31,35,37H,1,6-7,10,13,32H2,(H,33,34);4H,1-2H3;1-2H3. The zero-order valence-corrected chi connectivity index (χ0v) is 24.8. The molecule has 0 amide bonds. The molecule has 8 nitrogen and oxygen atoms in total. The van der Waals surface area contributed by atoms with Crippen molar-refractivity contribution >= 4 is 34.2 Å². The van der Waals surface area contributed by atoms with E-state index in [4.69, 9.17) is 16.6 Å². The maximum atomic E-state index is 14.1. The van der Waals surface area contributed by atoms with Crippen LogP contribution in [0, 0.1) is 10.8 Å². The van der Waals surface area contributed by atoms with E-state index in [0.29, 0.717) is 53.2 Å². The number of anilines is 1. The van der Waals surface area contributed by atoms with Crippen LogP contribution < -0.4 is 11.1 Å². The normalized spacial score (nSPS) is 14.0. The number of aryl methyl sites for hydroxylation is 1. The van der Waals surface area contributed by atoms with E-state index >= 15 is 0 Å². The van der Waals surface area contributed by atoms with Gasteiger partial charge in [0, 0.05) is 58.6 Å². The number of alkyl halides is 3. The number of benzene rings is 2. The summed E-state index contributed by atoms with van der Waals surface area (Å²) in [6, 6.07) is 8.06. The van der Waals surface area contributed by atoms with Gasteiger partial charge in [0.15, 0.2) is 0 Å². The Balaban J connectivity index is 0.000000780. The fraction of sp³-hybridized carbons (Fsp3) is 0.312. The number of aliphatic hydroxyl groups excluding tert-OH is 1. The molecule has 11 heteroatoms. The highest BCUT2D eigenvalue weighted by Gasteiger charge is 2.36. The van der Waals surface area contributed by atoms with Gasteiger partial charge in [0.2, 0.25) is 0 Å². The second-order valence-electron chi connectivity index (χ2n) is 10.1. The molecule has 1 aliphatic rings. The molecule has 5 rings (SSSR count). The Kier molecular flexibility index (Phi) is 10.8. The smallest absolute Gasteiger partial charge is 0.398 e. The van der Waals surface area contributed by atoms with Crippen LogP contribution in [0.25, 0.3) is 27.9 Å². The van der Waals surface area contributed by atoms with E-state index in [9.17, 15) is 18.3 Å². The van der Waals surface area contributed by atoms with Gasteiger partial charge in [0.25, 0.3) is 0 Å². The Morgan fingerprint density at radius 1 is 1.21 bits per heavy atom. The first kappa shape index (κ1) is 33.0. The summed E-state index contributed by atoms with van der Waals surface area (Å²) in [5.74, 6) is 0.758. The number of nitrogens with zero attached hydrogens (tertiary/aromatic N) is 2. The molecule has 43 heavy (non-hydrogen) atoms. The maximum Gasteiger partial charge on any atom is 0.418 e. The molecular formula is C32H38F3N7O. The van der Waals surface area contributed by atoms with Crippen molar-refractivity contribution < 1.29 is 18.3 Å². The molecule has 0 fully saturated rings. The summed E-state index contributed by atoms with van der Waals surface area (Å²) in [6.07, 6.45) is 0.0528. The number of nitrogen functional groups attached to an aromatic ring is 1. The third-order valence-corrected chi connectivity index (χ3v) is 6.70. The van der Waals surface area contributed by atoms with Crippen molar-refractivity contribution in [1.29, 1.82) is 10.8 Å². The molecule has 1 aliphatic carbocycles. The maximum absolute atomic E-state index is 14.1. The number of H-pyrrole nitrogens is 1. The lowest BCUT2D eigenvalue weighted by Gasteiger charge is -2.27. The van der Waals surface area contributed by atoms with Crippen molar-refractivity contribution in [1.82, 2.24) is 20.3 Å². The Bertz CT molecular complexity index is 1590. The minimum atomic E-state index is -4.68. The molecule has 0 saturated carbocycles. The summed E-state index contributed by atoms with van der Waals surface area (Å²) in [7, 11) is 0. The van der Waals surface area contributed by atoms with Gasteiger partial charge in [-0.25, -0.2) is 9.97 Å². The van der Waals surface area contributed by atoms with E-state index in [-0.39, 0.29) is 28.6 Å². The van der Waals surface area contributed by atoms with Crippen LogP contribution in [0.4, 0.5) is 18.9 Å². The first-order valence-electron chi connectivity index (χ1n) is 14.0. The fourth-order valence-corrected chi connectivity index (χ4v) is 4.87. The topological polar surface area (TPSA) is 148 Å². The quantitative estimate of drug-likeness (QED) is 0.106. The van der Waals surface area contributed by atoms with Crippen LogP contribution >= 0.6 is 0 Å². The molecule has 2 aromatic carbocycles. The van der Waals surface area contributed by atoms with Crippen LogP contribution in [0.2, 0.25) is 0 Å². The molecule has 0 spiro atoms. The molecule has 0 radical (unpaired) electrons. The molecule has 1 unspecified atom stereocenters. The van der Waals surface area contributed by atoms with E-state index in [2.05, 4.69) is 26.8 Å². The van der Waals surface area contributed by atoms with Crippen molar-refractivity contribution in [2.45, 2.75) is 65.8 Å². The van der Waals surface area contributed by atoms with Gasteiger partial charge in [-0.15, -0.1) is 0 Å². The Hall–Kier alpha value is -4.51. The van der Waals surface area contributed by atoms with E-state index in [1.54, 1.807) is 38.4 Å². The number of hydrogen-bond donors (Lipinski definition) is 6. The molecule has 4 aromatic rings. The molecule has 0 aliphatic heterocycles. The van der Waals surface area contributed by atoms with Gasteiger partial charge in [-0.05, 0) is 49.4 Å². The highest BCUT2D eigenvalue weighted by Crippen LogP contribution is 2.43. The van der Waals surface area contributed by atoms with Gasteiger partial charge in [0.1, 0.15) is 5.82 Å². The monoisotopic (exact) mass is 593 g/mol.